The van der Waals surface area contributed by atoms with Gasteiger partial charge in [-0.15, -0.1) is 0 Å². The van der Waals surface area contributed by atoms with Crippen molar-refractivity contribution >= 4 is 34.1 Å². The first-order valence-corrected chi connectivity index (χ1v) is 12.1. The Labute approximate surface area is 223 Å². The molecule has 0 aliphatic rings. The third kappa shape index (κ3) is 5.04. The molecular formula is C29H25N3O7. The Balaban J connectivity index is 1.64. The standard InChI is InChI=1S/C29H25N3O7/c1-4-37-26(33)17-38-27-18(9-7-14-24(27)36-3)16-30-32-28(31-21-11-6-5-10-19(21)29(32)34)25-15-20-22(35-2)12-8-13-23(20)39-25/h5-16H,4,17H2,1-3H3. The van der Waals surface area contributed by atoms with E-state index in [-0.39, 0.29) is 24.8 Å². The number of fused-ring (bicyclic) bond motifs is 2. The largest absolute Gasteiger partial charge is 0.496 e. The summed E-state index contributed by atoms with van der Waals surface area (Å²) in [5.41, 5.74) is 1.15. The van der Waals surface area contributed by atoms with Crippen LogP contribution in [-0.4, -0.2) is 49.3 Å². The molecule has 0 fully saturated rings. The van der Waals surface area contributed by atoms with E-state index < -0.39 is 11.5 Å². The second-order valence-electron chi connectivity index (χ2n) is 8.27. The highest BCUT2D eigenvalue weighted by atomic mass is 16.6. The van der Waals surface area contributed by atoms with Gasteiger partial charge in [-0.25, -0.2) is 9.78 Å². The lowest BCUT2D eigenvalue weighted by molar-refractivity contribution is -0.145. The molecule has 5 rings (SSSR count). The van der Waals surface area contributed by atoms with Crippen LogP contribution in [-0.2, 0) is 9.53 Å². The van der Waals surface area contributed by atoms with Gasteiger partial charge in [0, 0.05) is 5.56 Å². The number of para-hydroxylation sites is 2. The molecule has 0 unspecified atom stereocenters. The summed E-state index contributed by atoms with van der Waals surface area (Å²) >= 11 is 0. The molecule has 5 aromatic rings. The Kier molecular flexibility index (Phi) is 7.26. The molecule has 0 atom stereocenters. The predicted molar refractivity (Wildman–Crippen MR) is 146 cm³/mol. The van der Waals surface area contributed by atoms with Crippen molar-refractivity contribution in [3.8, 4) is 28.8 Å². The van der Waals surface area contributed by atoms with Crippen LogP contribution in [0.3, 0.4) is 0 Å². The smallest absolute Gasteiger partial charge is 0.344 e. The van der Waals surface area contributed by atoms with Crippen LogP contribution in [0.15, 0.2) is 81.0 Å². The predicted octanol–water partition coefficient (Wildman–Crippen LogP) is 4.65. The van der Waals surface area contributed by atoms with Crippen molar-refractivity contribution in [3.63, 3.8) is 0 Å². The van der Waals surface area contributed by atoms with Crippen LogP contribution in [0.1, 0.15) is 12.5 Å². The summed E-state index contributed by atoms with van der Waals surface area (Å²) in [4.78, 5) is 30.2. The van der Waals surface area contributed by atoms with Crippen molar-refractivity contribution in [1.82, 2.24) is 9.66 Å². The zero-order valence-corrected chi connectivity index (χ0v) is 21.5. The molecule has 0 spiro atoms. The molecule has 0 aliphatic heterocycles. The number of ether oxygens (including phenoxy) is 4. The molecule has 0 N–H and O–H groups in total. The molecule has 10 heteroatoms. The minimum absolute atomic E-state index is 0.199. The topological polar surface area (TPSA) is 114 Å². The molecule has 0 bridgehead atoms. The molecule has 2 aromatic heterocycles. The minimum Gasteiger partial charge on any atom is -0.496 e. The SMILES string of the molecule is CCOC(=O)COc1c(C=Nn2c(-c3cc4c(OC)cccc4o3)nc3ccccc3c2=O)cccc1OC. The molecule has 0 saturated carbocycles. The van der Waals surface area contributed by atoms with E-state index >= 15 is 0 Å². The zero-order valence-electron chi connectivity index (χ0n) is 21.5. The number of hydrogen-bond donors (Lipinski definition) is 0. The average Bonchev–Trinajstić information content (AvgIpc) is 3.40. The Hall–Kier alpha value is -5.12. The van der Waals surface area contributed by atoms with Gasteiger partial charge >= 0.3 is 5.97 Å². The average molecular weight is 528 g/mol. The van der Waals surface area contributed by atoms with Crippen molar-refractivity contribution in [3.05, 3.63) is 82.6 Å². The highest BCUT2D eigenvalue weighted by Gasteiger charge is 2.18. The molecular weight excluding hydrogens is 502 g/mol. The van der Waals surface area contributed by atoms with Gasteiger partial charge in [0.25, 0.3) is 5.56 Å². The van der Waals surface area contributed by atoms with Gasteiger partial charge in [-0.1, -0.05) is 24.3 Å². The second-order valence-corrected chi connectivity index (χ2v) is 8.27. The van der Waals surface area contributed by atoms with Gasteiger partial charge in [-0.05, 0) is 49.4 Å². The van der Waals surface area contributed by atoms with E-state index in [9.17, 15) is 9.59 Å². The van der Waals surface area contributed by atoms with Crippen molar-refractivity contribution in [1.29, 1.82) is 0 Å². The van der Waals surface area contributed by atoms with Crippen LogP contribution >= 0.6 is 0 Å². The monoisotopic (exact) mass is 527 g/mol. The van der Waals surface area contributed by atoms with E-state index in [1.807, 2.05) is 12.1 Å². The van der Waals surface area contributed by atoms with Crippen molar-refractivity contribution in [2.24, 2.45) is 5.10 Å². The summed E-state index contributed by atoms with van der Waals surface area (Å²) in [6.45, 7) is 1.62. The molecule has 0 amide bonds. The van der Waals surface area contributed by atoms with Gasteiger partial charge in [0.1, 0.15) is 11.3 Å². The molecule has 0 aliphatic carbocycles. The molecule has 198 valence electrons. The van der Waals surface area contributed by atoms with E-state index in [4.69, 9.17) is 28.3 Å². The fourth-order valence-electron chi connectivity index (χ4n) is 4.12. The molecule has 3 aromatic carbocycles. The number of benzene rings is 3. The Morgan fingerprint density at radius 2 is 1.77 bits per heavy atom. The van der Waals surface area contributed by atoms with Gasteiger partial charge in [-0.3, -0.25) is 4.79 Å². The minimum atomic E-state index is -0.524. The maximum absolute atomic E-state index is 13.6. The van der Waals surface area contributed by atoms with Crippen LogP contribution in [0, 0.1) is 0 Å². The quantitative estimate of drug-likeness (QED) is 0.201. The van der Waals surface area contributed by atoms with E-state index in [1.54, 1.807) is 68.6 Å². The Morgan fingerprint density at radius 3 is 2.56 bits per heavy atom. The Morgan fingerprint density at radius 1 is 1.00 bits per heavy atom. The first kappa shape index (κ1) is 25.5. The summed E-state index contributed by atoms with van der Waals surface area (Å²) in [6, 6.07) is 19.3. The highest BCUT2D eigenvalue weighted by Crippen LogP contribution is 2.33. The van der Waals surface area contributed by atoms with Gasteiger partial charge in [0.2, 0.25) is 5.82 Å². The molecule has 0 saturated heterocycles. The summed E-state index contributed by atoms with van der Waals surface area (Å²) in [5, 5.41) is 5.61. The van der Waals surface area contributed by atoms with Crippen LogP contribution < -0.4 is 19.8 Å². The Bertz CT molecular complexity index is 1750. The molecule has 0 radical (unpaired) electrons. The van der Waals surface area contributed by atoms with Crippen molar-refractivity contribution in [2.45, 2.75) is 6.92 Å². The number of methoxy groups -OCH3 is 2. The number of hydrogen-bond acceptors (Lipinski definition) is 9. The van der Waals surface area contributed by atoms with E-state index in [0.717, 1.165) is 5.39 Å². The summed E-state index contributed by atoms with van der Waals surface area (Å²) in [7, 11) is 3.06. The second kappa shape index (κ2) is 11.1. The lowest BCUT2D eigenvalue weighted by Gasteiger charge is -2.13. The fourth-order valence-corrected chi connectivity index (χ4v) is 4.12. The number of carbonyl (C=O) groups is 1. The maximum atomic E-state index is 13.6. The van der Waals surface area contributed by atoms with Gasteiger partial charge in [-0.2, -0.15) is 9.78 Å². The third-order valence-corrected chi connectivity index (χ3v) is 5.90. The number of aromatic nitrogens is 2. The van der Waals surface area contributed by atoms with Crippen molar-refractivity contribution < 1.29 is 28.2 Å². The van der Waals surface area contributed by atoms with E-state index in [0.29, 0.717) is 39.3 Å². The van der Waals surface area contributed by atoms with E-state index in [1.165, 1.54) is 18.0 Å². The van der Waals surface area contributed by atoms with Gasteiger partial charge in [0.15, 0.2) is 23.9 Å². The first-order chi connectivity index (χ1) is 19.0. The number of rotatable bonds is 9. The number of furan rings is 1. The van der Waals surface area contributed by atoms with Crippen LogP contribution in [0.4, 0.5) is 0 Å². The maximum Gasteiger partial charge on any atom is 0.344 e. The third-order valence-electron chi connectivity index (χ3n) is 5.90. The zero-order chi connectivity index (χ0) is 27.4. The van der Waals surface area contributed by atoms with Crippen LogP contribution in [0.5, 0.6) is 17.2 Å². The number of nitrogens with zero attached hydrogens (tertiary/aromatic N) is 3. The van der Waals surface area contributed by atoms with Crippen LogP contribution in [0.2, 0.25) is 0 Å². The number of carbonyl (C=O) groups excluding carboxylic acids is 1. The molecule has 2 heterocycles. The summed E-state index contributed by atoms with van der Waals surface area (Å²) in [5.74, 6) is 1.29. The summed E-state index contributed by atoms with van der Waals surface area (Å²) < 4.78 is 28.8. The number of esters is 1. The van der Waals surface area contributed by atoms with E-state index in [2.05, 4.69) is 5.10 Å². The lowest BCUT2D eigenvalue weighted by Crippen LogP contribution is -2.20. The molecule has 10 nitrogen and oxygen atoms in total. The fraction of sp³-hybridized carbons (Fsp3) is 0.172. The molecule has 39 heavy (non-hydrogen) atoms. The summed E-state index contributed by atoms with van der Waals surface area (Å²) in [6.07, 6.45) is 1.44. The normalized spacial score (nSPS) is 11.3. The highest BCUT2D eigenvalue weighted by molar-refractivity contribution is 5.89. The van der Waals surface area contributed by atoms with Crippen molar-refractivity contribution in [2.75, 3.05) is 27.4 Å². The van der Waals surface area contributed by atoms with Gasteiger partial charge < -0.3 is 23.4 Å². The first-order valence-electron chi connectivity index (χ1n) is 12.1. The lowest BCUT2D eigenvalue weighted by atomic mass is 10.2. The van der Waals surface area contributed by atoms with Gasteiger partial charge in [0.05, 0.1) is 43.3 Å². The van der Waals surface area contributed by atoms with Crippen LogP contribution in [0.25, 0.3) is 33.5 Å².